The first-order valence-electron chi connectivity index (χ1n) is 9.21. The van der Waals surface area contributed by atoms with Gasteiger partial charge in [-0.1, -0.05) is 30.7 Å². The van der Waals surface area contributed by atoms with Crippen LogP contribution >= 0.6 is 11.5 Å². The summed E-state index contributed by atoms with van der Waals surface area (Å²) in [6, 6.07) is 0. The van der Waals surface area contributed by atoms with Crippen LogP contribution in [0.4, 0.5) is 0 Å². The topological polar surface area (TPSA) is 75.6 Å². The molecule has 0 spiro atoms. The number of nitrogens with zero attached hydrogens (tertiary/aromatic N) is 4. The molecule has 25 heavy (non-hydrogen) atoms. The van der Waals surface area contributed by atoms with Crippen molar-refractivity contribution in [2.45, 2.75) is 51.6 Å². The molecule has 2 aliphatic rings. The summed E-state index contributed by atoms with van der Waals surface area (Å²) in [5, 5.41) is 4.07. The molecule has 3 heterocycles. The van der Waals surface area contributed by atoms with E-state index in [0.717, 1.165) is 56.0 Å². The van der Waals surface area contributed by atoms with Gasteiger partial charge in [0.1, 0.15) is 4.88 Å². The Morgan fingerprint density at radius 1 is 1.16 bits per heavy atom. The molecule has 2 saturated heterocycles. The number of hydrogen-bond acceptors (Lipinski definition) is 6. The molecule has 2 amide bonds. The number of hydrogen-bond donors (Lipinski definition) is 0. The van der Waals surface area contributed by atoms with Crippen molar-refractivity contribution in [3.8, 4) is 0 Å². The normalized spacial score (nSPS) is 21.9. The van der Waals surface area contributed by atoms with Crippen LogP contribution in [-0.4, -0.2) is 70.1 Å². The Kier molecular flexibility index (Phi) is 6.36. The average molecular weight is 366 g/mol. The largest absolute Gasteiger partial charge is 0.365 e. The maximum Gasteiger partial charge on any atom is 0.267 e. The van der Waals surface area contributed by atoms with E-state index in [1.54, 1.807) is 4.90 Å². The van der Waals surface area contributed by atoms with E-state index in [-0.39, 0.29) is 11.8 Å². The molecule has 1 aromatic heterocycles. The van der Waals surface area contributed by atoms with E-state index < -0.39 is 6.10 Å². The van der Waals surface area contributed by atoms with E-state index in [4.69, 9.17) is 4.74 Å². The third-order valence-electron chi connectivity index (χ3n) is 4.78. The predicted molar refractivity (Wildman–Crippen MR) is 94.6 cm³/mol. The quantitative estimate of drug-likeness (QED) is 0.811. The lowest BCUT2D eigenvalue weighted by Gasteiger charge is -2.34. The summed E-state index contributed by atoms with van der Waals surface area (Å²) in [4.78, 5) is 29.8. The Morgan fingerprint density at radius 2 is 1.92 bits per heavy atom. The standard InChI is InChI=1S/C17H26N4O3S/c1-2-7-13-15(25-19-18-13)17(23)21-10-11-24-14(12-21)16(22)20-8-5-3-4-6-9-20/h14H,2-12H2,1H3. The first-order valence-corrected chi connectivity index (χ1v) is 9.99. The van der Waals surface area contributed by atoms with Crippen molar-refractivity contribution in [1.82, 2.24) is 19.4 Å². The maximum absolute atomic E-state index is 12.8. The summed E-state index contributed by atoms with van der Waals surface area (Å²) in [7, 11) is 0. The number of ether oxygens (including phenoxy) is 1. The molecular formula is C17H26N4O3S. The van der Waals surface area contributed by atoms with Crippen LogP contribution < -0.4 is 0 Å². The second-order valence-electron chi connectivity index (χ2n) is 6.65. The smallest absolute Gasteiger partial charge is 0.267 e. The third kappa shape index (κ3) is 4.36. The minimum absolute atomic E-state index is 0.0237. The maximum atomic E-state index is 12.8. The van der Waals surface area contributed by atoms with Crippen molar-refractivity contribution in [3.63, 3.8) is 0 Å². The van der Waals surface area contributed by atoms with Crippen LogP contribution in [0.2, 0.25) is 0 Å². The Labute approximate surface area is 152 Å². The molecule has 0 aliphatic carbocycles. The number of aromatic nitrogens is 2. The lowest BCUT2D eigenvalue weighted by atomic mass is 10.2. The monoisotopic (exact) mass is 366 g/mol. The van der Waals surface area contributed by atoms with Crippen LogP contribution in [0.5, 0.6) is 0 Å². The fraction of sp³-hybridized carbons (Fsp3) is 0.765. The number of carbonyl (C=O) groups is 2. The highest BCUT2D eigenvalue weighted by atomic mass is 32.1. The summed E-state index contributed by atoms with van der Waals surface area (Å²) in [5.41, 5.74) is 0.763. The predicted octanol–water partition coefficient (Wildman–Crippen LogP) is 1.73. The number of rotatable bonds is 4. The van der Waals surface area contributed by atoms with Gasteiger partial charge in [-0.2, -0.15) is 0 Å². The average Bonchev–Trinajstić information content (AvgIpc) is 2.93. The Hall–Kier alpha value is -1.54. The van der Waals surface area contributed by atoms with Gasteiger partial charge in [-0.25, -0.2) is 0 Å². The Bertz CT molecular complexity index is 598. The van der Waals surface area contributed by atoms with Crippen LogP contribution in [0.1, 0.15) is 54.4 Å². The zero-order valence-electron chi connectivity index (χ0n) is 14.8. The molecular weight excluding hydrogens is 340 g/mol. The van der Waals surface area contributed by atoms with Gasteiger partial charge in [-0.05, 0) is 30.8 Å². The zero-order valence-corrected chi connectivity index (χ0v) is 15.6. The van der Waals surface area contributed by atoms with Gasteiger partial charge in [-0.3, -0.25) is 9.59 Å². The van der Waals surface area contributed by atoms with Gasteiger partial charge in [0.15, 0.2) is 6.10 Å². The highest BCUT2D eigenvalue weighted by Gasteiger charge is 2.33. The van der Waals surface area contributed by atoms with Crippen LogP contribution in [0, 0.1) is 0 Å². The van der Waals surface area contributed by atoms with Crippen LogP contribution in [-0.2, 0) is 16.0 Å². The van der Waals surface area contributed by atoms with Gasteiger partial charge in [0, 0.05) is 19.6 Å². The van der Waals surface area contributed by atoms with Gasteiger partial charge < -0.3 is 14.5 Å². The minimum Gasteiger partial charge on any atom is -0.365 e. The molecule has 2 fully saturated rings. The van der Waals surface area contributed by atoms with Crippen molar-refractivity contribution in [2.75, 3.05) is 32.8 Å². The van der Waals surface area contributed by atoms with E-state index in [1.807, 2.05) is 4.90 Å². The van der Waals surface area contributed by atoms with Crippen molar-refractivity contribution >= 4 is 23.3 Å². The first kappa shape index (κ1) is 18.3. The number of likely N-dealkylation sites (tertiary alicyclic amines) is 1. The summed E-state index contributed by atoms with van der Waals surface area (Å²) >= 11 is 1.14. The van der Waals surface area contributed by atoms with Crippen LogP contribution in [0.15, 0.2) is 0 Å². The van der Waals surface area contributed by atoms with Gasteiger partial charge in [-0.15, -0.1) is 5.10 Å². The summed E-state index contributed by atoms with van der Waals surface area (Å²) in [6.45, 7) is 4.87. The third-order valence-corrected chi connectivity index (χ3v) is 5.54. The second kappa shape index (κ2) is 8.71. The summed E-state index contributed by atoms with van der Waals surface area (Å²) in [5.74, 6) is -0.0500. The highest BCUT2D eigenvalue weighted by molar-refractivity contribution is 7.08. The Balaban J connectivity index is 1.64. The number of amides is 2. The van der Waals surface area contributed by atoms with E-state index in [1.165, 1.54) is 12.8 Å². The molecule has 0 saturated carbocycles. The molecule has 0 bridgehead atoms. The van der Waals surface area contributed by atoms with Gasteiger partial charge in [0.2, 0.25) is 0 Å². The number of aryl methyl sites for hydroxylation is 1. The van der Waals surface area contributed by atoms with E-state index >= 15 is 0 Å². The molecule has 1 atom stereocenters. The van der Waals surface area contributed by atoms with Gasteiger partial charge >= 0.3 is 0 Å². The lowest BCUT2D eigenvalue weighted by Crippen LogP contribution is -2.52. The van der Waals surface area contributed by atoms with Crippen molar-refractivity contribution in [1.29, 1.82) is 0 Å². The highest BCUT2D eigenvalue weighted by Crippen LogP contribution is 2.19. The van der Waals surface area contributed by atoms with Crippen LogP contribution in [0.3, 0.4) is 0 Å². The first-order chi connectivity index (χ1) is 12.2. The molecule has 8 heteroatoms. The summed E-state index contributed by atoms with van der Waals surface area (Å²) in [6.07, 6.45) is 5.58. The second-order valence-corrected chi connectivity index (χ2v) is 7.40. The molecule has 0 radical (unpaired) electrons. The van der Waals surface area contributed by atoms with Crippen molar-refractivity contribution in [3.05, 3.63) is 10.6 Å². The molecule has 138 valence electrons. The molecule has 3 rings (SSSR count). The minimum atomic E-state index is -0.550. The molecule has 0 aromatic carbocycles. The Morgan fingerprint density at radius 3 is 2.64 bits per heavy atom. The molecule has 7 nitrogen and oxygen atoms in total. The number of carbonyl (C=O) groups excluding carboxylic acids is 2. The fourth-order valence-electron chi connectivity index (χ4n) is 3.39. The van der Waals surface area contributed by atoms with Crippen molar-refractivity contribution < 1.29 is 14.3 Å². The fourth-order valence-corrected chi connectivity index (χ4v) is 4.07. The summed E-state index contributed by atoms with van der Waals surface area (Å²) < 4.78 is 9.63. The van der Waals surface area contributed by atoms with Crippen molar-refractivity contribution in [2.24, 2.45) is 0 Å². The van der Waals surface area contributed by atoms with E-state index in [0.29, 0.717) is 24.6 Å². The van der Waals surface area contributed by atoms with E-state index in [2.05, 4.69) is 16.5 Å². The molecule has 1 aromatic rings. The van der Waals surface area contributed by atoms with Gasteiger partial charge in [0.05, 0.1) is 18.8 Å². The lowest BCUT2D eigenvalue weighted by molar-refractivity contribution is -0.148. The molecule has 1 unspecified atom stereocenters. The van der Waals surface area contributed by atoms with Gasteiger partial charge in [0.25, 0.3) is 11.8 Å². The van der Waals surface area contributed by atoms with E-state index in [9.17, 15) is 9.59 Å². The van der Waals surface area contributed by atoms with Crippen LogP contribution in [0.25, 0.3) is 0 Å². The number of morpholine rings is 1. The zero-order chi connectivity index (χ0) is 17.6. The SMILES string of the molecule is CCCc1nnsc1C(=O)N1CCOC(C(=O)N2CCCCCC2)C1. The molecule has 0 N–H and O–H groups in total. The molecule has 2 aliphatic heterocycles.